The molecule has 2 unspecified atom stereocenters. The predicted octanol–water partition coefficient (Wildman–Crippen LogP) is 6.02. The van der Waals surface area contributed by atoms with Crippen LogP contribution in [0.15, 0.2) is 66.9 Å². The van der Waals surface area contributed by atoms with Gasteiger partial charge >= 0.3 is 20.9 Å². The van der Waals surface area contributed by atoms with E-state index in [2.05, 4.69) is 5.09 Å². The van der Waals surface area contributed by atoms with Crippen LogP contribution in [0.1, 0.15) is 11.0 Å². The van der Waals surface area contributed by atoms with Crippen LogP contribution in [0.2, 0.25) is 5.02 Å². The summed E-state index contributed by atoms with van der Waals surface area (Å²) in [5.41, 5.74) is 1.58. The maximum atomic E-state index is 13.1. The highest BCUT2D eigenvalue weighted by Gasteiger charge is 2.49. The van der Waals surface area contributed by atoms with Crippen LogP contribution in [0.3, 0.4) is 0 Å². The summed E-state index contributed by atoms with van der Waals surface area (Å²) in [5.74, 6) is 0. The highest BCUT2D eigenvalue weighted by Crippen LogP contribution is 2.64. The second kappa shape index (κ2) is 7.56. The molecule has 1 heterocycles. The second-order valence-corrected chi connectivity index (χ2v) is 10.7. The van der Waals surface area contributed by atoms with Gasteiger partial charge in [0.1, 0.15) is 0 Å². The van der Waals surface area contributed by atoms with Crippen molar-refractivity contribution in [2.75, 3.05) is 5.09 Å². The minimum absolute atomic E-state index is 0.299. The molecule has 3 aromatic carbocycles. The molecule has 0 fully saturated rings. The molecule has 0 aliphatic rings. The van der Waals surface area contributed by atoms with Gasteiger partial charge in [0.2, 0.25) is 0 Å². The standard InChI is InChI=1S/C20H17ClN2O4P2/c1-23-12-18(17-11-15(21)7-9-19(17)23)20(29(25,26)27)28(24)22-16-8-6-13-4-2-3-5-14(13)10-16/h2-12,20H,1H3,(H2-,22,24,25,26,27)/p+1. The molecule has 0 radical (unpaired) electrons. The Kier molecular flexibility index (Phi) is 5.24. The summed E-state index contributed by atoms with van der Waals surface area (Å²) in [6, 6.07) is 18.2. The van der Waals surface area contributed by atoms with Crippen LogP contribution in [-0.4, -0.2) is 14.4 Å². The molecule has 0 saturated carbocycles. The number of hydrogen-bond donors (Lipinski definition) is 3. The zero-order chi connectivity index (χ0) is 20.8. The van der Waals surface area contributed by atoms with E-state index in [0.717, 1.165) is 16.3 Å². The van der Waals surface area contributed by atoms with Gasteiger partial charge < -0.3 is 14.4 Å². The molecule has 1 aromatic heterocycles. The number of anilines is 1. The van der Waals surface area contributed by atoms with Crippen LogP contribution in [0.5, 0.6) is 0 Å². The van der Waals surface area contributed by atoms with E-state index in [9.17, 15) is 18.9 Å². The molecule has 6 nitrogen and oxygen atoms in total. The molecule has 9 heteroatoms. The van der Waals surface area contributed by atoms with Crippen molar-refractivity contribution in [2.45, 2.75) is 5.40 Å². The number of rotatable bonds is 5. The van der Waals surface area contributed by atoms with E-state index in [1.807, 2.05) is 30.3 Å². The van der Waals surface area contributed by atoms with Crippen LogP contribution in [0.4, 0.5) is 5.69 Å². The van der Waals surface area contributed by atoms with Crippen LogP contribution in [-0.2, 0) is 16.2 Å². The molecule has 2 atom stereocenters. The van der Waals surface area contributed by atoms with Crippen LogP contribution in [0.25, 0.3) is 21.7 Å². The van der Waals surface area contributed by atoms with E-state index in [1.54, 1.807) is 48.1 Å². The lowest BCUT2D eigenvalue weighted by Crippen LogP contribution is -2.00. The maximum absolute atomic E-state index is 13.1. The van der Waals surface area contributed by atoms with E-state index >= 15 is 0 Å². The summed E-state index contributed by atoms with van der Waals surface area (Å²) in [6.45, 7) is 0. The van der Waals surface area contributed by atoms with Crippen LogP contribution in [0, 0.1) is 0 Å². The number of hydrogen-bond acceptors (Lipinski definition) is 2. The lowest BCUT2D eigenvalue weighted by molar-refractivity contribution is 0.369. The Morgan fingerprint density at radius 2 is 1.79 bits per heavy atom. The molecule has 148 valence electrons. The van der Waals surface area contributed by atoms with Gasteiger partial charge in [0, 0.05) is 34.7 Å². The van der Waals surface area contributed by atoms with Gasteiger partial charge in [-0.05, 0) is 45.7 Å². The lowest BCUT2D eigenvalue weighted by Gasteiger charge is -2.10. The number of fused-ring (bicyclic) bond motifs is 2. The first-order valence-corrected chi connectivity index (χ1v) is 12.1. The topological polar surface area (TPSA) is 91.6 Å². The Hall–Kier alpha value is -2.20. The number of aryl methyl sites for hydroxylation is 1. The van der Waals surface area contributed by atoms with E-state index in [4.69, 9.17) is 11.6 Å². The summed E-state index contributed by atoms with van der Waals surface area (Å²) in [5, 5.41) is 4.25. The summed E-state index contributed by atoms with van der Waals surface area (Å²) in [4.78, 5) is 20.1. The van der Waals surface area contributed by atoms with Crippen molar-refractivity contribution < 1.29 is 18.9 Å². The molecule has 29 heavy (non-hydrogen) atoms. The summed E-state index contributed by atoms with van der Waals surface area (Å²) in [7, 11) is -5.51. The van der Waals surface area contributed by atoms with E-state index in [1.165, 1.54) is 0 Å². The second-order valence-electron chi connectivity index (χ2n) is 6.82. The van der Waals surface area contributed by atoms with Crippen molar-refractivity contribution in [3.8, 4) is 0 Å². The molecular formula is C20H18ClN2O4P2+. The van der Waals surface area contributed by atoms with Crippen molar-refractivity contribution in [3.05, 3.63) is 77.4 Å². The highest BCUT2D eigenvalue weighted by atomic mass is 35.5. The average Bonchev–Trinajstić information content (AvgIpc) is 2.96. The molecule has 4 rings (SSSR count). The van der Waals surface area contributed by atoms with Crippen molar-refractivity contribution in [2.24, 2.45) is 7.05 Å². The van der Waals surface area contributed by atoms with Gasteiger partial charge in [-0.3, -0.25) is 4.57 Å². The summed E-state index contributed by atoms with van der Waals surface area (Å²) >= 11 is 6.09. The third-order valence-corrected chi connectivity index (χ3v) is 8.67. The normalized spacial score (nSPS) is 13.6. The molecule has 0 aliphatic carbocycles. The minimum atomic E-state index is -4.75. The monoisotopic (exact) mass is 447 g/mol. The third-order valence-electron chi connectivity index (χ3n) is 4.79. The Morgan fingerprint density at radius 1 is 1.07 bits per heavy atom. The molecule has 0 amide bonds. The van der Waals surface area contributed by atoms with E-state index in [0.29, 0.717) is 21.7 Å². The van der Waals surface area contributed by atoms with Gasteiger partial charge in [-0.1, -0.05) is 41.9 Å². The minimum Gasteiger partial charge on any atom is -0.350 e. The Bertz CT molecular complexity index is 1300. The predicted molar refractivity (Wildman–Crippen MR) is 118 cm³/mol. The number of nitrogens with one attached hydrogen (secondary N) is 1. The van der Waals surface area contributed by atoms with Gasteiger partial charge in [0.25, 0.3) is 0 Å². The Morgan fingerprint density at radius 3 is 2.52 bits per heavy atom. The van der Waals surface area contributed by atoms with Gasteiger partial charge in [-0.2, -0.15) is 5.09 Å². The highest BCUT2D eigenvalue weighted by molar-refractivity contribution is 7.67. The molecule has 0 saturated heterocycles. The molecule has 0 aliphatic heterocycles. The number of halogens is 1. The van der Waals surface area contributed by atoms with E-state index < -0.39 is 20.9 Å². The fraction of sp³-hybridized carbons (Fsp3) is 0.100. The maximum Gasteiger partial charge on any atom is 0.480 e. The first kappa shape index (κ1) is 20.1. The SMILES string of the molecule is Cn1cc(C([P+](=O)Nc2ccc3ccccc3c2)P(=O)(O)O)c2cc(Cl)ccc21. The zero-order valence-corrected chi connectivity index (χ0v) is 17.9. The zero-order valence-electron chi connectivity index (χ0n) is 15.4. The van der Waals surface area contributed by atoms with Gasteiger partial charge in [-0.25, -0.2) is 0 Å². The summed E-state index contributed by atoms with van der Waals surface area (Å²) in [6.07, 6.45) is 1.60. The smallest absolute Gasteiger partial charge is 0.350 e. The Balaban J connectivity index is 1.76. The fourth-order valence-electron chi connectivity index (χ4n) is 3.49. The van der Waals surface area contributed by atoms with Crippen molar-refractivity contribution in [3.63, 3.8) is 0 Å². The number of nitrogens with zero attached hydrogens (tertiary/aromatic N) is 1. The van der Waals surface area contributed by atoms with Crippen molar-refractivity contribution >= 4 is 54.5 Å². The molecule has 4 aromatic rings. The molecule has 0 spiro atoms. The van der Waals surface area contributed by atoms with E-state index in [-0.39, 0.29) is 0 Å². The first-order valence-electron chi connectivity index (χ1n) is 8.75. The largest absolute Gasteiger partial charge is 0.480 e. The number of benzene rings is 3. The van der Waals surface area contributed by atoms with Crippen LogP contribution < -0.4 is 5.09 Å². The third kappa shape index (κ3) is 3.95. The molecule has 0 bridgehead atoms. The van der Waals surface area contributed by atoms with Crippen molar-refractivity contribution in [1.82, 2.24) is 4.57 Å². The van der Waals surface area contributed by atoms with Crippen molar-refractivity contribution in [1.29, 1.82) is 0 Å². The fourth-order valence-corrected chi connectivity index (χ4v) is 6.47. The average molecular weight is 448 g/mol. The number of aromatic nitrogens is 1. The van der Waals surface area contributed by atoms with Gasteiger partial charge in [0.05, 0.1) is 5.69 Å². The van der Waals surface area contributed by atoms with Gasteiger partial charge in [0.15, 0.2) is 0 Å². The quantitative estimate of drug-likeness (QED) is 0.326. The summed E-state index contributed by atoms with van der Waals surface area (Å²) < 4.78 is 27.2. The lowest BCUT2D eigenvalue weighted by atomic mass is 10.1. The Labute approximate surface area is 173 Å². The molecular weight excluding hydrogens is 430 g/mol. The van der Waals surface area contributed by atoms with Crippen LogP contribution >= 0.6 is 27.1 Å². The molecule has 3 N–H and O–H groups in total. The van der Waals surface area contributed by atoms with Gasteiger partial charge in [-0.15, -0.1) is 0 Å². The first-order chi connectivity index (χ1) is 13.7.